The Balaban J connectivity index is 1.71. The summed E-state index contributed by atoms with van der Waals surface area (Å²) in [5.74, 6) is -5.11. The van der Waals surface area contributed by atoms with Gasteiger partial charge in [0.25, 0.3) is 12.8 Å². The molecule has 1 aromatic carbocycles. The van der Waals surface area contributed by atoms with Crippen LogP contribution in [0.4, 0.5) is 0 Å². The molecule has 2 bridgehead atoms. The lowest BCUT2D eigenvalue weighted by atomic mass is 9.72. The molecule has 3 fully saturated rings. The average Bonchev–Trinajstić information content (AvgIpc) is 3.32. The molecule has 3 saturated heterocycles. The van der Waals surface area contributed by atoms with Gasteiger partial charge in [0.2, 0.25) is 0 Å². The lowest BCUT2D eigenvalue weighted by Gasteiger charge is -2.43. The molecule has 284 valence electrons. The van der Waals surface area contributed by atoms with Gasteiger partial charge in [-0.15, -0.1) is 0 Å². The molecule has 1 aromatic rings. The van der Waals surface area contributed by atoms with E-state index in [1.165, 1.54) is 21.0 Å². The van der Waals surface area contributed by atoms with Gasteiger partial charge in [-0.05, 0) is 72.7 Å². The Kier molecular flexibility index (Phi) is 13.0. The molecule has 3 aliphatic rings. The molecule has 14 heteroatoms. The lowest BCUT2D eigenvalue weighted by molar-refractivity contribution is -0.367. The monoisotopic (exact) mass is 710 g/mol. The second-order valence-corrected chi connectivity index (χ2v) is 14.8. The van der Waals surface area contributed by atoms with Crippen LogP contribution in [0.2, 0.25) is 0 Å². The number of aliphatic hydroxyl groups is 4. The number of oxime groups is 1. The van der Waals surface area contributed by atoms with E-state index in [2.05, 4.69) is 5.16 Å². The van der Waals surface area contributed by atoms with Crippen LogP contribution in [0, 0.1) is 23.7 Å². The molecule has 3 heterocycles. The van der Waals surface area contributed by atoms with Crippen LogP contribution in [0.25, 0.3) is 0 Å². The highest BCUT2D eigenvalue weighted by Gasteiger charge is 2.61. The number of carbonyl (C=O) groups is 1. The molecule has 13 atom stereocenters. The van der Waals surface area contributed by atoms with E-state index in [9.17, 15) is 25.2 Å². The number of para-hydroxylation sites is 2. The van der Waals surface area contributed by atoms with Gasteiger partial charge in [-0.3, -0.25) is 9.53 Å². The first kappa shape index (κ1) is 40.4. The predicted octanol–water partition coefficient (Wildman–Crippen LogP) is 3.03. The smallest absolute Gasteiger partial charge is 0.293 e. The zero-order chi connectivity index (χ0) is 37.2. The van der Waals surface area contributed by atoms with Gasteiger partial charge in [-0.2, -0.15) is 0 Å². The average molecular weight is 711 g/mol. The van der Waals surface area contributed by atoms with Crippen molar-refractivity contribution in [2.75, 3.05) is 28.0 Å². The van der Waals surface area contributed by atoms with Gasteiger partial charge in [0.05, 0.1) is 36.5 Å². The van der Waals surface area contributed by atoms with E-state index < -0.39 is 71.4 Å². The maximum atomic E-state index is 13.7. The van der Waals surface area contributed by atoms with Crippen LogP contribution in [0.3, 0.4) is 0 Å². The number of hydrogen-bond donors (Lipinski definition) is 4. The molecule has 4 N–H and O–H groups in total. The molecule has 50 heavy (non-hydrogen) atoms. The minimum Gasteiger partial charge on any atom is -0.493 e. The van der Waals surface area contributed by atoms with Crippen LogP contribution < -0.4 is 9.47 Å². The number of methoxy groups -OCH3 is 1. The van der Waals surface area contributed by atoms with Crippen LogP contribution in [-0.4, -0.2) is 119 Å². The molecule has 3 aliphatic heterocycles. The van der Waals surface area contributed by atoms with Gasteiger partial charge >= 0.3 is 0 Å². The summed E-state index contributed by atoms with van der Waals surface area (Å²) in [6.45, 7) is 11.7. The summed E-state index contributed by atoms with van der Waals surface area (Å²) in [5, 5.41) is 51.0. The van der Waals surface area contributed by atoms with Crippen molar-refractivity contribution in [3.05, 3.63) is 24.3 Å². The SMILES string of the molecule is CCC1CC(=O)C(C)C2(O)OC(OC3OC(C)CC(N(C)C)C3O)C(C)(CC(C)C(=NOCOc3ccccc3OC)C(C)C(O)C1(C)O)O2. The molecule has 4 rings (SSSR count). The third-order valence-electron chi connectivity index (χ3n) is 10.7. The van der Waals surface area contributed by atoms with Gasteiger partial charge < -0.3 is 53.8 Å². The Bertz CT molecular complexity index is 1330. The van der Waals surface area contributed by atoms with Crippen molar-refractivity contribution in [2.45, 2.75) is 128 Å². The molecule has 0 amide bonds. The number of aliphatic hydroxyl groups excluding tert-OH is 2. The molecule has 0 radical (unpaired) electrons. The number of fused-ring (bicyclic) bond motifs is 2. The Morgan fingerprint density at radius 3 is 2.34 bits per heavy atom. The Hall–Kier alpha value is -2.40. The van der Waals surface area contributed by atoms with Crippen molar-refractivity contribution in [2.24, 2.45) is 28.8 Å². The summed E-state index contributed by atoms with van der Waals surface area (Å²) in [6.07, 6.45) is -4.27. The van der Waals surface area contributed by atoms with Crippen molar-refractivity contribution >= 4 is 11.5 Å². The predicted molar refractivity (Wildman–Crippen MR) is 182 cm³/mol. The van der Waals surface area contributed by atoms with Crippen LogP contribution in [0.1, 0.15) is 74.1 Å². The fourth-order valence-electron chi connectivity index (χ4n) is 7.52. The van der Waals surface area contributed by atoms with Gasteiger partial charge in [0, 0.05) is 24.3 Å². The quantitative estimate of drug-likeness (QED) is 0.167. The summed E-state index contributed by atoms with van der Waals surface area (Å²) in [6, 6.07) is 6.80. The lowest BCUT2D eigenvalue weighted by Crippen LogP contribution is -2.56. The fraction of sp³-hybridized carbons (Fsp3) is 0.778. The number of rotatable bonds is 9. The van der Waals surface area contributed by atoms with Crippen LogP contribution in [-0.2, 0) is 28.6 Å². The normalized spacial score (nSPS) is 42.5. The highest BCUT2D eigenvalue weighted by Crippen LogP contribution is 2.47. The highest BCUT2D eigenvalue weighted by atomic mass is 16.9. The fourth-order valence-corrected chi connectivity index (χ4v) is 7.52. The number of nitrogens with zero attached hydrogens (tertiary/aromatic N) is 2. The van der Waals surface area contributed by atoms with Crippen LogP contribution in [0.5, 0.6) is 11.5 Å². The Morgan fingerprint density at radius 1 is 1.06 bits per heavy atom. The first-order valence-electron chi connectivity index (χ1n) is 17.5. The molecule has 0 saturated carbocycles. The molecular weight excluding hydrogens is 652 g/mol. The molecule has 0 aliphatic carbocycles. The van der Waals surface area contributed by atoms with E-state index in [-0.39, 0.29) is 31.8 Å². The number of Topliss-reactive ketones (excluding diaryl/α,β-unsaturated/α-hetero) is 1. The topological polar surface area (TPSA) is 178 Å². The zero-order valence-corrected chi connectivity index (χ0v) is 31.1. The largest absolute Gasteiger partial charge is 0.493 e. The molecule has 0 aromatic heterocycles. The van der Waals surface area contributed by atoms with E-state index >= 15 is 0 Å². The standard InChI is InChI=1S/C36H58N2O12/c1-11-24-17-26(39)23(5)36(43)49-33(48-32-30(40)25(38(8)9)16-21(3)47-32)34(6,50-36)18-20(2)29(22(4)31(41)35(24,7)42)37-46-19-45-28-15-13-12-14-27(28)44-10/h12-15,20-25,30-33,40-43H,11,16-19H2,1-10H3. The number of ether oxygens (including phenoxy) is 6. The van der Waals surface area contributed by atoms with Crippen molar-refractivity contribution in [3.63, 3.8) is 0 Å². The Morgan fingerprint density at radius 2 is 1.72 bits per heavy atom. The van der Waals surface area contributed by atoms with Crippen molar-refractivity contribution in [3.8, 4) is 11.5 Å². The van der Waals surface area contributed by atoms with Crippen LogP contribution in [0.15, 0.2) is 29.4 Å². The second kappa shape index (κ2) is 16.1. The maximum absolute atomic E-state index is 13.7. The van der Waals surface area contributed by atoms with Gasteiger partial charge in [-0.1, -0.05) is 44.5 Å². The van der Waals surface area contributed by atoms with Gasteiger partial charge in [0.1, 0.15) is 17.5 Å². The number of carbonyl (C=O) groups excluding carboxylic acids is 1. The molecule has 13 unspecified atom stereocenters. The summed E-state index contributed by atoms with van der Waals surface area (Å²) in [5.41, 5.74) is -2.79. The first-order valence-corrected chi connectivity index (χ1v) is 17.5. The Labute approximate surface area is 295 Å². The van der Waals surface area contributed by atoms with E-state index in [4.69, 9.17) is 33.3 Å². The van der Waals surface area contributed by atoms with Crippen molar-refractivity contribution in [1.29, 1.82) is 0 Å². The minimum atomic E-state index is -2.42. The highest BCUT2D eigenvalue weighted by molar-refractivity contribution is 5.89. The molecule has 0 spiro atoms. The number of ketones is 1. The number of likely N-dealkylation sites (N-methyl/N-ethyl adjacent to an activating group) is 1. The van der Waals surface area contributed by atoms with Gasteiger partial charge in [-0.25, -0.2) is 0 Å². The number of hydrogen-bond acceptors (Lipinski definition) is 14. The summed E-state index contributed by atoms with van der Waals surface area (Å²) < 4.78 is 35.9. The van der Waals surface area contributed by atoms with E-state index in [0.29, 0.717) is 30.1 Å². The van der Waals surface area contributed by atoms with Crippen LogP contribution >= 0.6 is 0 Å². The minimum absolute atomic E-state index is 0.0856. The summed E-state index contributed by atoms with van der Waals surface area (Å²) >= 11 is 0. The van der Waals surface area contributed by atoms with Crippen molar-refractivity contribution < 1.29 is 58.5 Å². The maximum Gasteiger partial charge on any atom is 0.293 e. The third-order valence-corrected chi connectivity index (χ3v) is 10.7. The first-order chi connectivity index (χ1) is 23.4. The van der Waals surface area contributed by atoms with Gasteiger partial charge in [0.15, 0.2) is 24.1 Å². The van der Waals surface area contributed by atoms with E-state index in [1.807, 2.05) is 45.8 Å². The summed E-state index contributed by atoms with van der Waals surface area (Å²) in [7, 11) is 5.25. The molecule has 14 nitrogen and oxygen atoms in total. The second-order valence-electron chi connectivity index (χ2n) is 14.8. The number of benzene rings is 1. The summed E-state index contributed by atoms with van der Waals surface area (Å²) in [4.78, 5) is 21.3. The zero-order valence-electron chi connectivity index (χ0n) is 31.1. The van der Waals surface area contributed by atoms with Crippen molar-refractivity contribution in [1.82, 2.24) is 4.90 Å². The van der Waals surface area contributed by atoms with E-state index in [1.54, 1.807) is 32.0 Å². The van der Waals surface area contributed by atoms with E-state index in [0.717, 1.165) is 0 Å². The molecular formula is C36H58N2O12. The third kappa shape index (κ3) is 8.45.